The van der Waals surface area contributed by atoms with Crippen LogP contribution in [0.4, 0.5) is 0 Å². The third-order valence-electron chi connectivity index (χ3n) is 3.73. The van der Waals surface area contributed by atoms with Crippen LogP contribution in [0.2, 0.25) is 5.02 Å². The number of para-hydroxylation sites is 1. The normalized spacial score (nSPS) is 10.6. The standard InChI is InChI=1S/C19H17ClN2O3/c1-12-11-13-5-4-7-15(17(13)25-12)19(24)22-10-9-21-18(23)14-6-2-3-8-16(14)20/h2-8,11H,9-10H2,1H3,(H,21,23)(H,22,24). The van der Waals surface area contributed by atoms with E-state index in [0.29, 0.717) is 34.8 Å². The van der Waals surface area contributed by atoms with Gasteiger partial charge in [-0.05, 0) is 31.2 Å². The monoisotopic (exact) mass is 356 g/mol. The van der Waals surface area contributed by atoms with Crippen LogP contribution >= 0.6 is 11.6 Å². The topological polar surface area (TPSA) is 71.3 Å². The molecule has 2 amide bonds. The molecule has 25 heavy (non-hydrogen) atoms. The Morgan fingerprint density at radius 3 is 2.32 bits per heavy atom. The summed E-state index contributed by atoms with van der Waals surface area (Å²) in [5.74, 6) is 0.234. The van der Waals surface area contributed by atoms with Crippen molar-refractivity contribution >= 4 is 34.4 Å². The highest BCUT2D eigenvalue weighted by molar-refractivity contribution is 6.33. The first-order valence-corrected chi connectivity index (χ1v) is 8.24. The van der Waals surface area contributed by atoms with Crippen molar-refractivity contribution in [3.63, 3.8) is 0 Å². The van der Waals surface area contributed by atoms with Gasteiger partial charge in [0.2, 0.25) is 0 Å². The minimum absolute atomic E-state index is 0.244. The summed E-state index contributed by atoms with van der Waals surface area (Å²) >= 11 is 5.98. The largest absolute Gasteiger partial charge is 0.461 e. The predicted molar refractivity (Wildman–Crippen MR) is 97.1 cm³/mol. The molecule has 0 saturated carbocycles. The molecular formula is C19H17ClN2O3. The molecule has 0 aliphatic heterocycles. The van der Waals surface area contributed by atoms with Crippen molar-refractivity contribution in [3.8, 4) is 0 Å². The van der Waals surface area contributed by atoms with Crippen molar-refractivity contribution in [2.24, 2.45) is 0 Å². The summed E-state index contributed by atoms with van der Waals surface area (Å²) in [5, 5.41) is 6.78. The molecule has 2 N–H and O–H groups in total. The van der Waals surface area contributed by atoms with Gasteiger partial charge in [0.1, 0.15) is 11.3 Å². The van der Waals surface area contributed by atoms with Crippen LogP contribution < -0.4 is 10.6 Å². The molecule has 0 fully saturated rings. The Morgan fingerprint density at radius 1 is 0.960 bits per heavy atom. The molecule has 0 unspecified atom stereocenters. The van der Waals surface area contributed by atoms with Crippen LogP contribution in [0, 0.1) is 6.92 Å². The van der Waals surface area contributed by atoms with Crippen LogP contribution in [0.1, 0.15) is 26.5 Å². The van der Waals surface area contributed by atoms with Crippen molar-refractivity contribution in [3.05, 3.63) is 70.4 Å². The summed E-state index contributed by atoms with van der Waals surface area (Å²) in [7, 11) is 0. The number of nitrogens with one attached hydrogen (secondary N) is 2. The first kappa shape index (κ1) is 17.0. The number of fused-ring (bicyclic) bond motifs is 1. The molecule has 6 heteroatoms. The van der Waals surface area contributed by atoms with E-state index in [0.717, 1.165) is 11.1 Å². The average Bonchev–Trinajstić information content (AvgIpc) is 2.98. The van der Waals surface area contributed by atoms with Crippen LogP contribution in [0.25, 0.3) is 11.0 Å². The molecule has 0 atom stereocenters. The highest BCUT2D eigenvalue weighted by atomic mass is 35.5. The van der Waals surface area contributed by atoms with E-state index < -0.39 is 0 Å². The van der Waals surface area contributed by atoms with Gasteiger partial charge in [0, 0.05) is 18.5 Å². The molecule has 0 spiro atoms. The Morgan fingerprint density at radius 2 is 1.60 bits per heavy atom. The summed E-state index contributed by atoms with van der Waals surface area (Å²) in [5.41, 5.74) is 1.45. The molecule has 5 nitrogen and oxygen atoms in total. The van der Waals surface area contributed by atoms with Gasteiger partial charge in [-0.15, -0.1) is 0 Å². The van der Waals surface area contributed by atoms with E-state index in [1.807, 2.05) is 25.1 Å². The summed E-state index contributed by atoms with van der Waals surface area (Å²) < 4.78 is 5.59. The lowest BCUT2D eigenvalue weighted by atomic mass is 10.1. The van der Waals surface area contributed by atoms with Crippen LogP contribution in [-0.4, -0.2) is 24.9 Å². The number of carbonyl (C=O) groups is 2. The van der Waals surface area contributed by atoms with E-state index in [-0.39, 0.29) is 11.8 Å². The first-order chi connectivity index (χ1) is 12.1. The van der Waals surface area contributed by atoms with Gasteiger partial charge in [0.25, 0.3) is 11.8 Å². The lowest BCUT2D eigenvalue weighted by Crippen LogP contribution is -2.34. The third-order valence-corrected chi connectivity index (χ3v) is 4.06. The van der Waals surface area contributed by atoms with E-state index >= 15 is 0 Å². The number of aryl methyl sites for hydroxylation is 1. The number of carbonyl (C=O) groups excluding carboxylic acids is 2. The highest BCUT2D eigenvalue weighted by Gasteiger charge is 2.13. The van der Waals surface area contributed by atoms with Gasteiger partial charge < -0.3 is 15.1 Å². The molecule has 2 aromatic carbocycles. The maximum Gasteiger partial charge on any atom is 0.255 e. The second-order valence-corrected chi connectivity index (χ2v) is 5.98. The highest BCUT2D eigenvalue weighted by Crippen LogP contribution is 2.22. The summed E-state index contributed by atoms with van der Waals surface area (Å²) in [4.78, 5) is 24.4. The Bertz CT molecular complexity index is 933. The fourth-order valence-electron chi connectivity index (χ4n) is 2.56. The Hall–Kier alpha value is -2.79. The van der Waals surface area contributed by atoms with Crippen molar-refractivity contribution in [1.82, 2.24) is 10.6 Å². The Labute approximate surface area is 150 Å². The molecule has 1 heterocycles. The molecule has 1 aromatic heterocycles. The molecule has 0 bridgehead atoms. The minimum Gasteiger partial charge on any atom is -0.461 e. The van der Waals surface area contributed by atoms with E-state index in [1.165, 1.54) is 0 Å². The van der Waals surface area contributed by atoms with Gasteiger partial charge in [-0.3, -0.25) is 9.59 Å². The number of benzene rings is 2. The smallest absolute Gasteiger partial charge is 0.255 e. The molecule has 0 aliphatic carbocycles. The van der Waals surface area contributed by atoms with Crippen LogP contribution in [0.5, 0.6) is 0 Å². The zero-order chi connectivity index (χ0) is 17.8. The van der Waals surface area contributed by atoms with E-state index in [2.05, 4.69) is 10.6 Å². The molecular weight excluding hydrogens is 340 g/mol. The van der Waals surface area contributed by atoms with E-state index in [9.17, 15) is 9.59 Å². The quantitative estimate of drug-likeness (QED) is 0.687. The number of furan rings is 1. The number of hydrogen-bond donors (Lipinski definition) is 2. The minimum atomic E-state index is -0.274. The Balaban J connectivity index is 1.56. The predicted octanol–water partition coefficient (Wildman–Crippen LogP) is 3.55. The lowest BCUT2D eigenvalue weighted by Gasteiger charge is -2.08. The van der Waals surface area contributed by atoms with Crippen LogP contribution in [0.3, 0.4) is 0 Å². The fraction of sp³-hybridized carbons (Fsp3) is 0.158. The second-order valence-electron chi connectivity index (χ2n) is 5.57. The summed E-state index contributed by atoms with van der Waals surface area (Å²) in [6, 6.07) is 14.1. The summed E-state index contributed by atoms with van der Waals surface area (Å²) in [6.45, 7) is 2.43. The number of rotatable bonds is 5. The fourth-order valence-corrected chi connectivity index (χ4v) is 2.78. The second kappa shape index (κ2) is 7.40. The van der Waals surface area contributed by atoms with E-state index in [1.54, 1.807) is 30.3 Å². The zero-order valence-electron chi connectivity index (χ0n) is 13.6. The average molecular weight is 357 g/mol. The first-order valence-electron chi connectivity index (χ1n) is 7.86. The van der Waals surface area contributed by atoms with Gasteiger partial charge in [-0.1, -0.05) is 35.9 Å². The van der Waals surface area contributed by atoms with Crippen molar-refractivity contribution < 1.29 is 14.0 Å². The number of hydrogen-bond acceptors (Lipinski definition) is 3. The number of halogens is 1. The number of amides is 2. The van der Waals surface area contributed by atoms with E-state index in [4.69, 9.17) is 16.0 Å². The summed E-state index contributed by atoms with van der Waals surface area (Å²) in [6.07, 6.45) is 0. The Kier molecular flexibility index (Phi) is 5.05. The maximum absolute atomic E-state index is 12.3. The molecule has 3 aromatic rings. The van der Waals surface area contributed by atoms with Crippen molar-refractivity contribution in [1.29, 1.82) is 0 Å². The third kappa shape index (κ3) is 3.83. The SMILES string of the molecule is Cc1cc2cccc(C(=O)NCCNC(=O)c3ccccc3Cl)c2o1. The molecule has 3 rings (SSSR count). The van der Waals surface area contributed by atoms with Crippen molar-refractivity contribution in [2.45, 2.75) is 6.92 Å². The van der Waals surface area contributed by atoms with Gasteiger partial charge in [-0.2, -0.15) is 0 Å². The molecule has 128 valence electrons. The van der Waals surface area contributed by atoms with Gasteiger partial charge in [0.05, 0.1) is 16.1 Å². The van der Waals surface area contributed by atoms with Gasteiger partial charge in [-0.25, -0.2) is 0 Å². The molecule has 0 aliphatic rings. The molecule has 0 radical (unpaired) electrons. The zero-order valence-corrected chi connectivity index (χ0v) is 14.4. The van der Waals surface area contributed by atoms with Crippen LogP contribution in [-0.2, 0) is 0 Å². The van der Waals surface area contributed by atoms with Crippen LogP contribution in [0.15, 0.2) is 52.9 Å². The van der Waals surface area contributed by atoms with Crippen molar-refractivity contribution in [2.75, 3.05) is 13.1 Å². The maximum atomic E-state index is 12.3. The molecule has 0 saturated heterocycles. The van der Waals surface area contributed by atoms with Gasteiger partial charge >= 0.3 is 0 Å². The lowest BCUT2D eigenvalue weighted by molar-refractivity contribution is 0.0928. The van der Waals surface area contributed by atoms with Gasteiger partial charge in [0.15, 0.2) is 0 Å².